The van der Waals surface area contributed by atoms with Gasteiger partial charge in [-0.25, -0.2) is 0 Å². The van der Waals surface area contributed by atoms with Crippen molar-refractivity contribution in [2.45, 2.75) is 19.3 Å². The molecule has 1 N–H and O–H groups in total. The van der Waals surface area contributed by atoms with E-state index in [2.05, 4.69) is 11.2 Å². The van der Waals surface area contributed by atoms with E-state index in [1.54, 1.807) is 6.08 Å². The van der Waals surface area contributed by atoms with Gasteiger partial charge in [0.25, 0.3) is 0 Å². The van der Waals surface area contributed by atoms with Gasteiger partial charge in [-0.1, -0.05) is 18.4 Å². The lowest BCUT2D eigenvalue weighted by Gasteiger charge is -2.20. The third-order valence-corrected chi connectivity index (χ3v) is 2.03. The topological polar surface area (TPSA) is 29.1 Å². The number of allylic oxidation sites excluding steroid dienone is 1. The van der Waals surface area contributed by atoms with Crippen molar-refractivity contribution in [3.8, 4) is 12.3 Å². The highest BCUT2D eigenvalue weighted by molar-refractivity contribution is 5.87. The maximum atomic E-state index is 11.0. The maximum absolute atomic E-state index is 11.0. The van der Waals surface area contributed by atoms with Gasteiger partial charge in [0.15, 0.2) is 0 Å². The van der Waals surface area contributed by atoms with Crippen LogP contribution < -0.4 is 5.32 Å². The lowest BCUT2D eigenvalue weighted by molar-refractivity contribution is -0.116. The SMILES string of the molecule is C#CCNC(=O)/C=C/C1CCC1. The molecule has 0 atom stereocenters. The first-order chi connectivity index (χ1) is 5.83. The number of amides is 1. The van der Waals surface area contributed by atoms with E-state index in [-0.39, 0.29) is 5.91 Å². The van der Waals surface area contributed by atoms with Crippen LogP contribution in [0.2, 0.25) is 0 Å². The molecule has 0 heterocycles. The number of nitrogens with one attached hydrogen (secondary N) is 1. The summed E-state index contributed by atoms with van der Waals surface area (Å²) in [4.78, 5) is 11.0. The zero-order valence-corrected chi connectivity index (χ0v) is 7.05. The van der Waals surface area contributed by atoms with Crippen LogP contribution in [0, 0.1) is 18.3 Å². The molecule has 12 heavy (non-hydrogen) atoms. The summed E-state index contributed by atoms with van der Waals surface area (Å²) < 4.78 is 0. The molecule has 1 saturated carbocycles. The summed E-state index contributed by atoms with van der Waals surface area (Å²) in [6.45, 7) is 0.313. The second-order valence-corrected chi connectivity index (χ2v) is 2.97. The molecule has 2 nitrogen and oxygen atoms in total. The molecule has 64 valence electrons. The fourth-order valence-electron chi connectivity index (χ4n) is 1.05. The second kappa shape index (κ2) is 4.61. The van der Waals surface area contributed by atoms with Crippen molar-refractivity contribution in [2.24, 2.45) is 5.92 Å². The molecule has 1 amide bonds. The highest BCUT2D eigenvalue weighted by Crippen LogP contribution is 2.26. The predicted octanol–water partition coefficient (Wildman–Crippen LogP) is 1.09. The van der Waals surface area contributed by atoms with E-state index in [9.17, 15) is 4.79 Å². The summed E-state index contributed by atoms with van der Waals surface area (Å²) in [6.07, 6.45) is 12.3. The van der Waals surface area contributed by atoms with Crippen molar-refractivity contribution in [1.29, 1.82) is 0 Å². The Labute approximate surface area is 73.0 Å². The average molecular weight is 163 g/mol. The van der Waals surface area contributed by atoms with Crippen molar-refractivity contribution >= 4 is 5.91 Å². The van der Waals surface area contributed by atoms with Crippen LogP contribution in [0.1, 0.15) is 19.3 Å². The molecular formula is C10H13NO. The summed E-state index contributed by atoms with van der Waals surface area (Å²) in [5, 5.41) is 2.57. The standard InChI is InChI=1S/C10H13NO/c1-2-8-11-10(12)7-6-9-4-3-5-9/h1,6-7,9H,3-5,8H2,(H,11,12)/b7-6+. The quantitative estimate of drug-likeness (QED) is 0.490. The molecule has 1 aliphatic rings. The third-order valence-electron chi connectivity index (χ3n) is 2.03. The first-order valence-electron chi connectivity index (χ1n) is 4.22. The van der Waals surface area contributed by atoms with E-state index in [0.29, 0.717) is 12.5 Å². The Morgan fingerprint density at radius 3 is 2.92 bits per heavy atom. The van der Waals surface area contributed by atoms with E-state index in [1.807, 2.05) is 6.08 Å². The van der Waals surface area contributed by atoms with E-state index < -0.39 is 0 Å². The molecule has 1 fully saturated rings. The molecule has 0 aromatic heterocycles. The summed E-state index contributed by atoms with van der Waals surface area (Å²) in [5.41, 5.74) is 0. The smallest absolute Gasteiger partial charge is 0.244 e. The zero-order chi connectivity index (χ0) is 8.81. The number of hydrogen-bond donors (Lipinski definition) is 1. The number of terminal acetylenes is 1. The van der Waals surface area contributed by atoms with Gasteiger partial charge in [0.1, 0.15) is 0 Å². The lowest BCUT2D eigenvalue weighted by Crippen LogP contribution is -2.21. The largest absolute Gasteiger partial charge is 0.342 e. The number of hydrogen-bond acceptors (Lipinski definition) is 1. The fraction of sp³-hybridized carbons (Fsp3) is 0.500. The molecular weight excluding hydrogens is 150 g/mol. The monoisotopic (exact) mass is 163 g/mol. The number of carbonyl (C=O) groups excluding carboxylic acids is 1. The van der Waals surface area contributed by atoms with Crippen LogP contribution in [0.15, 0.2) is 12.2 Å². The molecule has 0 aliphatic heterocycles. The minimum absolute atomic E-state index is 0.0835. The molecule has 0 bridgehead atoms. The van der Waals surface area contributed by atoms with Gasteiger partial charge in [0, 0.05) is 0 Å². The Balaban J connectivity index is 2.16. The van der Waals surface area contributed by atoms with Crippen LogP contribution in [0.4, 0.5) is 0 Å². The fourth-order valence-corrected chi connectivity index (χ4v) is 1.05. The molecule has 2 heteroatoms. The minimum atomic E-state index is -0.0835. The summed E-state index contributed by atoms with van der Waals surface area (Å²) in [5.74, 6) is 2.89. The molecule has 0 aromatic rings. The summed E-state index contributed by atoms with van der Waals surface area (Å²) >= 11 is 0. The molecule has 0 spiro atoms. The van der Waals surface area contributed by atoms with Crippen LogP contribution in [0.3, 0.4) is 0 Å². The Morgan fingerprint density at radius 2 is 2.42 bits per heavy atom. The van der Waals surface area contributed by atoms with E-state index in [0.717, 1.165) is 0 Å². The van der Waals surface area contributed by atoms with Crippen molar-refractivity contribution < 1.29 is 4.79 Å². The Bertz CT molecular complexity index is 220. The molecule has 0 radical (unpaired) electrons. The molecule has 1 rings (SSSR count). The predicted molar refractivity (Wildman–Crippen MR) is 48.3 cm³/mol. The minimum Gasteiger partial charge on any atom is -0.342 e. The first-order valence-corrected chi connectivity index (χ1v) is 4.22. The van der Waals surface area contributed by atoms with E-state index >= 15 is 0 Å². The van der Waals surface area contributed by atoms with E-state index in [1.165, 1.54) is 19.3 Å². The van der Waals surface area contributed by atoms with Crippen LogP contribution >= 0.6 is 0 Å². The van der Waals surface area contributed by atoms with Gasteiger partial charge >= 0.3 is 0 Å². The molecule has 1 aliphatic carbocycles. The highest BCUT2D eigenvalue weighted by atomic mass is 16.1. The van der Waals surface area contributed by atoms with Crippen LogP contribution in [-0.4, -0.2) is 12.5 Å². The Morgan fingerprint density at radius 1 is 1.67 bits per heavy atom. The summed E-state index contributed by atoms with van der Waals surface area (Å²) in [6, 6.07) is 0. The highest BCUT2D eigenvalue weighted by Gasteiger charge is 2.13. The van der Waals surface area contributed by atoms with Crippen molar-refractivity contribution in [2.75, 3.05) is 6.54 Å². The van der Waals surface area contributed by atoms with Gasteiger partial charge in [-0.15, -0.1) is 6.42 Å². The van der Waals surface area contributed by atoms with Crippen molar-refractivity contribution in [3.05, 3.63) is 12.2 Å². The van der Waals surface area contributed by atoms with Gasteiger partial charge in [0.2, 0.25) is 5.91 Å². The van der Waals surface area contributed by atoms with Crippen molar-refractivity contribution in [1.82, 2.24) is 5.32 Å². The zero-order valence-electron chi connectivity index (χ0n) is 7.05. The Kier molecular flexibility index (Phi) is 3.40. The Hall–Kier alpha value is -1.23. The van der Waals surface area contributed by atoms with Gasteiger partial charge < -0.3 is 5.32 Å². The van der Waals surface area contributed by atoms with Crippen LogP contribution in [0.5, 0.6) is 0 Å². The molecule has 0 aromatic carbocycles. The normalized spacial score (nSPS) is 16.9. The molecule has 0 saturated heterocycles. The van der Waals surface area contributed by atoms with Gasteiger partial charge in [-0.3, -0.25) is 4.79 Å². The maximum Gasteiger partial charge on any atom is 0.244 e. The number of carbonyl (C=O) groups is 1. The average Bonchev–Trinajstić information content (AvgIpc) is 1.98. The second-order valence-electron chi connectivity index (χ2n) is 2.97. The number of rotatable bonds is 3. The van der Waals surface area contributed by atoms with Crippen LogP contribution in [-0.2, 0) is 4.79 Å². The summed E-state index contributed by atoms with van der Waals surface area (Å²) in [7, 11) is 0. The first kappa shape index (κ1) is 8.86. The molecule has 0 unspecified atom stereocenters. The third kappa shape index (κ3) is 2.79. The van der Waals surface area contributed by atoms with Crippen LogP contribution in [0.25, 0.3) is 0 Å². The van der Waals surface area contributed by atoms with E-state index in [4.69, 9.17) is 6.42 Å². The lowest BCUT2D eigenvalue weighted by atomic mass is 9.85. The van der Waals surface area contributed by atoms with Gasteiger partial charge in [0.05, 0.1) is 6.54 Å². The van der Waals surface area contributed by atoms with Gasteiger partial charge in [-0.2, -0.15) is 0 Å². The van der Waals surface area contributed by atoms with Gasteiger partial charge in [-0.05, 0) is 24.8 Å². The van der Waals surface area contributed by atoms with Crippen molar-refractivity contribution in [3.63, 3.8) is 0 Å².